The molecule has 3 heteroatoms. The van der Waals surface area contributed by atoms with Crippen molar-refractivity contribution in [2.24, 2.45) is 5.41 Å². The number of rotatable bonds is 1. The van der Waals surface area contributed by atoms with Gasteiger partial charge in [-0.1, -0.05) is 19.9 Å². The molecule has 0 bridgehead atoms. The molecule has 86 valence electrons. The summed E-state index contributed by atoms with van der Waals surface area (Å²) in [6.07, 6.45) is 4.59. The van der Waals surface area contributed by atoms with Crippen molar-refractivity contribution in [3.63, 3.8) is 0 Å². The second-order valence-electron chi connectivity index (χ2n) is 5.38. The molecule has 0 atom stereocenters. The Kier molecular flexibility index (Phi) is 2.88. The van der Waals surface area contributed by atoms with Crippen LogP contribution in [0.5, 0.6) is 0 Å². The van der Waals surface area contributed by atoms with Crippen LogP contribution in [-0.4, -0.2) is 30.7 Å². The van der Waals surface area contributed by atoms with E-state index >= 15 is 0 Å². The maximum atomic E-state index is 9.01. The summed E-state index contributed by atoms with van der Waals surface area (Å²) in [5.74, 6) is -0.395. The van der Waals surface area contributed by atoms with Gasteiger partial charge in [-0.15, -0.1) is 0 Å². The first-order valence-corrected chi connectivity index (χ1v) is 5.62. The standard InChI is InChI=1S/C12H20O3/c1-11(2)8-14-12(15-9-11)5-3-10(7-13)4-6-12/h3,13H,4-9H2,1-2H3. The molecule has 0 unspecified atom stereocenters. The van der Waals surface area contributed by atoms with Crippen LogP contribution < -0.4 is 0 Å². The van der Waals surface area contributed by atoms with E-state index in [4.69, 9.17) is 14.6 Å². The van der Waals surface area contributed by atoms with Crippen molar-refractivity contribution in [3.05, 3.63) is 11.6 Å². The van der Waals surface area contributed by atoms with Crippen molar-refractivity contribution in [1.29, 1.82) is 0 Å². The van der Waals surface area contributed by atoms with E-state index in [0.29, 0.717) is 0 Å². The monoisotopic (exact) mass is 212 g/mol. The molecule has 1 aliphatic heterocycles. The lowest BCUT2D eigenvalue weighted by molar-refractivity contribution is -0.301. The summed E-state index contributed by atoms with van der Waals surface area (Å²) in [5, 5.41) is 9.01. The van der Waals surface area contributed by atoms with Gasteiger partial charge in [0, 0.05) is 18.3 Å². The molecule has 0 aromatic carbocycles. The van der Waals surface area contributed by atoms with E-state index < -0.39 is 5.79 Å². The van der Waals surface area contributed by atoms with E-state index in [1.54, 1.807) is 0 Å². The van der Waals surface area contributed by atoms with Crippen LogP contribution in [0.2, 0.25) is 0 Å². The summed E-state index contributed by atoms with van der Waals surface area (Å²) in [4.78, 5) is 0. The predicted octanol–water partition coefficient (Wildman–Crippen LogP) is 1.86. The third-order valence-electron chi connectivity index (χ3n) is 3.18. The van der Waals surface area contributed by atoms with Crippen LogP contribution in [0.25, 0.3) is 0 Å². The quantitative estimate of drug-likeness (QED) is 0.674. The normalized spacial score (nSPS) is 28.9. The van der Waals surface area contributed by atoms with Gasteiger partial charge in [0.2, 0.25) is 0 Å². The van der Waals surface area contributed by atoms with E-state index in [1.165, 1.54) is 0 Å². The Bertz CT molecular complexity index is 258. The third kappa shape index (κ3) is 2.41. The molecule has 0 saturated carbocycles. The van der Waals surface area contributed by atoms with Crippen LogP contribution in [0, 0.1) is 5.41 Å². The van der Waals surface area contributed by atoms with E-state index in [0.717, 1.165) is 38.0 Å². The van der Waals surface area contributed by atoms with Crippen molar-refractivity contribution in [2.75, 3.05) is 19.8 Å². The second-order valence-corrected chi connectivity index (χ2v) is 5.38. The fourth-order valence-electron chi connectivity index (χ4n) is 2.00. The smallest absolute Gasteiger partial charge is 0.172 e. The summed E-state index contributed by atoms with van der Waals surface area (Å²) in [6, 6.07) is 0. The van der Waals surface area contributed by atoms with Gasteiger partial charge in [0.25, 0.3) is 0 Å². The van der Waals surface area contributed by atoms with Gasteiger partial charge >= 0.3 is 0 Å². The molecule has 2 rings (SSSR count). The van der Waals surface area contributed by atoms with E-state index in [1.807, 2.05) is 0 Å². The van der Waals surface area contributed by atoms with Crippen LogP contribution in [0.4, 0.5) is 0 Å². The van der Waals surface area contributed by atoms with E-state index in [9.17, 15) is 0 Å². The van der Waals surface area contributed by atoms with Crippen molar-refractivity contribution < 1.29 is 14.6 Å². The van der Waals surface area contributed by atoms with Gasteiger partial charge in [-0.05, 0) is 12.0 Å². The molecule has 1 N–H and O–H groups in total. The highest BCUT2D eigenvalue weighted by Gasteiger charge is 2.40. The molecule has 0 amide bonds. The fourth-order valence-corrected chi connectivity index (χ4v) is 2.00. The lowest BCUT2D eigenvalue weighted by atomic mass is 9.90. The Balaban J connectivity index is 1.98. The summed E-state index contributed by atoms with van der Waals surface area (Å²) >= 11 is 0. The van der Waals surface area contributed by atoms with Gasteiger partial charge < -0.3 is 14.6 Å². The number of ether oxygens (including phenoxy) is 2. The van der Waals surface area contributed by atoms with Crippen LogP contribution in [0.1, 0.15) is 33.1 Å². The lowest BCUT2D eigenvalue weighted by Gasteiger charge is -2.44. The maximum Gasteiger partial charge on any atom is 0.172 e. The first-order valence-electron chi connectivity index (χ1n) is 5.62. The molecule has 0 aromatic rings. The minimum Gasteiger partial charge on any atom is -0.392 e. The third-order valence-corrected chi connectivity index (χ3v) is 3.18. The first-order chi connectivity index (χ1) is 7.05. The molecular weight excluding hydrogens is 192 g/mol. The average molecular weight is 212 g/mol. The van der Waals surface area contributed by atoms with Crippen LogP contribution >= 0.6 is 0 Å². The van der Waals surface area contributed by atoms with E-state index in [-0.39, 0.29) is 12.0 Å². The van der Waals surface area contributed by atoms with Crippen molar-refractivity contribution in [3.8, 4) is 0 Å². The molecule has 0 aromatic heterocycles. The van der Waals surface area contributed by atoms with Crippen LogP contribution in [0.3, 0.4) is 0 Å². The molecule has 1 saturated heterocycles. The molecule has 1 fully saturated rings. The minimum atomic E-state index is -0.395. The molecule has 1 heterocycles. The Hall–Kier alpha value is -0.380. The second kappa shape index (κ2) is 3.89. The van der Waals surface area contributed by atoms with Gasteiger partial charge in [-0.25, -0.2) is 0 Å². The van der Waals surface area contributed by atoms with Crippen LogP contribution in [0.15, 0.2) is 11.6 Å². The summed E-state index contributed by atoms with van der Waals surface area (Å²) in [5.41, 5.74) is 1.24. The molecule has 0 radical (unpaired) electrons. The van der Waals surface area contributed by atoms with E-state index in [2.05, 4.69) is 19.9 Å². The SMILES string of the molecule is CC1(C)COC2(CC=C(CO)CC2)OC1. The van der Waals surface area contributed by atoms with Gasteiger partial charge in [-0.2, -0.15) is 0 Å². The highest BCUT2D eigenvalue weighted by molar-refractivity contribution is 5.09. The number of hydrogen-bond acceptors (Lipinski definition) is 3. The highest BCUT2D eigenvalue weighted by atomic mass is 16.7. The van der Waals surface area contributed by atoms with Crippen molar-refractivity contribution in [2.45, 2.75) is 38.9 Å². The highest BCUT2D eigenvalue weighted by Crippen LogP contribution is 2.38. The number of aliphatic hydroxyl groups is 1. The summed E-state index contributed by atoms with van der Waals surface area (Å²) in [7, 11) is 0. The largest absolute Gasteiger partial charge is 0.392 e. The van der Waals surface area contributed by atoms with Crippen LogP contribution in [-0.2, 0) is 9.47 Å². The Morgan fingerprint density at radius 2 is 2.00 bits per heavy atom. The average Bonchev–Trinajstić information content (AvgIpc) is 2.24. The van der Waals surface area contributed by atoms with Gasteiger partial charge in [-0.3, -0.25) is 0 Å². The zero-order valence-electron chi connectivity index (χ0n) is 9.58. The Labute approximate surface area is 91.1 Å². The molecule has 3 nitrogen and oxygen atoms in total. The molecule has 1 spiro atoms. The van der Waals surface area contributed by atoms with Gasteiger partial charge in [0.15, 0.2) is 5.79 Å². The van der Waals surface area contributed by atoms with Crippen molar-refractivity contribution >= 4 is 0 Å². The molecule has 1 aliphatic carbocycles. The predicted molar refractivity (Wildman–Crippen MR) is 57.4 cm³/mol. The zero-order valence-corrected chi connectivity index (χ0v) is 9.58. The van der Waals surface area contributed by atoms with Crippen molar-refractivity contribution in [1.82, 2.24) is 0 Å². The maximum absolute atomic E-state index is 9.01. The summed E-state index contributed by atoms with van der Waals surface area (Å²) < 4.78 is 11.7. The van der Waals surface area contributed by atoms with Gasteiger partial charge in [0.1, 0.15) is 0 Å². The Morgan fingerprint density at radius 3 is 2.47 bits per heavy atom. The summed E-state index contributed by atoms with van der Waals surface area (Å²) in [6.45, 7) is 5.99. The zero-order chi connectivity index (χ0) is 10.9. The Morgan fingerprint density at radius 1 is 1.33 bits per heavy atom. The topological polar surface area (TPSA) is 38.7 Å². The molecular formula is C12H20O3. The minimum absolute atomic E-state index is 0.131. The fraction of sp³-hybridized carbons (Fsp3) is 0.833. The lowest BCUT2D eigenvalue weighted by Crippen LogP contribution is -2.48. The number of hydrogen-bond donors (Lipinski definition) is 1. The molecule has 2 aliphatic rings. The number of aliphatic hydroxyl groups excluding tert-OH is 1. The van der Waals surface area contributed by atoms with Gasteiger partial charge in [0.05, 0.1) is 19.8 Å². The first kappa shape index (κ1) is 11.1. The molecule has 15 heavy (non-hydrogen) atoms.